The van der Waals surface area contributed by atoms with Crippen molar-refractivity contribution in [3.63, 3.8) is 0 Å². The van der Waals surface area contributed by atoms with Crippen molar-refractivity contribution < 1.29 is 0 Å². The van der Waals surface area contributed by atoms with Crippen molar-refractivity contribution in [3.05, 3.63) is 58.8 Å². The van der Waals surface area contributed by atoms with Gasteiger partial charge in [-0.2, -0.15) is 5.10 Å². The Morgan fingerprint density at radius 3 is 2.68 bits per heavy atom. The predicted octanol–water partition coefficient (Wildman–Crippen LogP) is 3.66. The van der Waals surface area contributed by atoms with Crippen LogP contribution in [0.3, 0.4) is 0 Å². The minimum atomic E-state index is 0.234. The van der Waals surface area contributed by atoms with Crippen LogP contribution < -0.4 is 4.90 Å². The Balaban J connectivity index is 1.59. The monoisotopic (exact) mass is 291 g/mol. The number of rotatable bonds is 1. The summed E-state index contributed by atoms with van der Waals surface area (Å²) in [7, 11) is 0. The number of nitrogens with zero attached hydrogens (tertiary/aromatic N) is 3. The summed E-state index contributed by atoms with van der Waals surface area (Å²) in [6, 6.07) is 8.81. The second-order valence-corrected chi connectivity index (χ2v) is 6.54. The van der Waals surface area contributed by atoms with E-state index in [2.05, 4.69) is 65.4 Å². The van der Waals surface area contributed by atoms with Gasteiger partial charge in [0.05, 0.1) is 6.20 Å². The predicted molar refractivity (Wildman–Crippen MR) is 90.1 cm³/mol. The molecule has 0 radical (unpaired) electrons. The number of piperidine rings is 1. The minimum absolute atomic E-state index is 0.234. The van der Waals surface area contributed by atoms with E-state index < -0.39 is 0 Å². The minimum Gasteiger partial charge on any atom is -0.355 e. The summed E-state index contributed by atoms with van der Waals surface area (Å²) >= 11 is 0. The standard InChI is InChI=1S/C19H21N3/c1-14-13-20-21-18(15(14)2)22-11-9-19(10-12-22)8-7-16-5-3-4-6-17(16)19/h3-8,13H,9-12H2,1-2H3. The SMILES string of the molecule is Cc1cnnc(N2CCC3(C=Cc4ccccc43)CC2)c1C. The van der Waals surface area contributed by atoms with Crippen molar-refractivity contribution in [2.24, 2.45) is 0 Å². The summed E-state index contributed by atoms with van der Waals surface area (Å²) in [6.07, 6.45) is 8.86. The molecule has 0 saturated carbocycles. The molecule has 3 nitrogen and oxygen atoms in total. The van der Waals surface area contributed by atoms with E-state index in [1.807, 2.05) is 6.20 Å². The highest BCUT2D eigenvalue weighted by molar-refractivity contribution is 5.65. The zero-order valence-corrected chi connectivity index (χ0v) is 13.2. The first kappa shape index (κ1) is 13.5. The van der Waals surface area contributed by atoms with Crippen LogP contribution in [0.25, 0.3) is 6.08 Å². The summed E-state index contributed by atoms with van der Waals surface area (Å²) in [5.74, 6) is 1.06. The summed E-state index contributed by atoms with van der Waals surface area (Å²) in [5.41, 5.74) is 5.60. The number of allylic oxidation sites excluding steroid dienone is 1. The van der Waals surface area contributed by atoms with Crippen LogP contribution in [-0.2, 0) is 5.41 Å². The van der Waals surface area contributed by atoms with Gasteiger partial charge in [0.1, 0.15) is 0 Å². The lowest BCUT2D eigenvalue weighted by molar-refractivity contribution is 0.409. The molecule has 0 atom stereocenters. The Bertz CT molecular complexity index is 740. The van der Waals surface area contributed by atoms with Crippen molar-refractivity contribution in [2.45, 2.75) is 32.1 Å². The van der Waals surface area contributed by atoms with Gasteiger partial charge in [0, 0.05) is 18.5 Å². The molecular formula is C19H21N3. The molecule has 2 heterocycles. The van der Waals surface area contributed by atoms with Crippen molar-refractivity contribution >= 4 is 11.9 Å². The molecule has 0 N–H and O–H groups in total. The molecule has 0 unspecified atom stereocenters. The quantitative estimate of drug-likeness (QED) is 0.803. The molecule has 2 aromatic rings. The third kappa shape index (κ3) is 1.96. The van der Waals surface area contributed by atoms with E-state index in [1.165, 1.54) is 22.3 Å². The lowest BCUT2D eigenvalue weighted by Crippen LogP contribution is -2.41. The molecule has 22 heavy (non-hydrogen) atoms. The Labute approximate surface area is 131 Å². The molecule has 4 rings (SSSR count). The molecule has 1 fully saturated rings. The van der Waals surface area contributed by atoms with Gasteiger partial charge in [0.2, 0.25) is 0 Å². The molecule has 112 valence electrons. The van der Waals surface area contributed by atoms with Crippen molar-refractivity contribution in [2.75, 3.05) is 18.0 Å². The van der Waals surface area contributed by atoms with Gasteiger partial charge in [0.25, 0.3) is 0 Å². The van der Waals surface area contributed by atoms with Gasteiger partial charge < -0.3 is 4.90 Å². The summed E-state index contributed by atoms with van der Waals surface area (Å²) in [5, 5.41) is 8.52. The van der Waals surface area contributed by atoms with Crippen LogP contribution in [0.15, 0.2) is 36.5 Å². The normalized spacial score (nSPS) is 18.7. The smallest absolute Gasteiger partial charge is 0.154 e. The fraction of sp³-hybridized carbons (Fsp3) is 0.368. The maximum atomic E-state index is 4.38. The molecule has 1 aliphatic carbocycles. The molecule has 1 aromatic carbocycles. The highest BCUT2D eigenvalue weighted by atomic mass is 15.3. The van der Waals surface area contributed by atoms with Gasteiger partial charge in [-0.1, -0.05) is 36.4 Å². The van der Waals surface area contributed by atoms with Crippen molar-refractivity contribution in [1.29, 1.82) is 0 Å². The topological polar surface area (TPSA) is 29.0 Å². The van der Waals surface area contributed by atoms with Gasteiger partial charge in [-0.05, 0) is 48.9 Å². The number of hydrogen-bond acceptors (Lipinski definition) is 3. The molecule has 0 bridgehead atoms. The first-order valence-corrected chi connectivity index (χ1v) is 8.02. The van der Waals surface area contributed by atoms with E-state index in [4.69, 9.17) is 0 Å². The van der Waals surface area contributed by atoms with Crippen LogP contribution in [0, 0.1) is 13.8 Å². The number of anilines is 1. The maximum absolute atomic E-state index is 4.38. The number of benzene rings is 1. The van der Waals surface area contributed by atoms with Crippen molar-refractivity contribution in [1.82, 2.24) is 10.2 Å². The fourth-order valence-electron chi connectivity index (χ4n) is 3.81. The van der Waals surface area contributed by atoms with Gasteiger partial charge in [0.15, 0.2) is 5.82 Å². The first-order valence-electron chi connectivity index (χ1n) is 8.02. The second-order valence-electron chi connectivity index (χ2n) is 6.54. The van der Waals surface area contributed by atoms with Crippen LogP contribution in [0.4, 0.5) is 5.82 Å². The zero-order valence-electron chi connectivity index (χ0n) is 13.2. The van der Waals surface area contributed by atoms with E-state index in [0.29, 0.717) is 0 Å². The fourth-order valence-corrected chi connectivity index (χ4v) is 3.81. The van der Waals surface area contributed by atoms with Crippen LogP contribution >= 0.6 is 0 Å². The molecule has 1 saturated heterocycles. The number of fused-ring (bicyclic) bond motifs is 2. The highest BCUT2D eigenvalue weighted by Crippen LogP contribution is 2.44. The average Bonchev–Trinajstić information content (AvgIpc) is 2.90. The second kappa shape index (κ2) is 4.94. The van der Waals surface area contributed by atoms with Gasteiger partial charge in [-0.15, -0.1) is 5.10 Å². The van der Waals surface area contributed by atoms with E-state index in [0.717, 1.165) is 31.7 Å². The largest absolute Gasteiger partial charge is 0.355 e. The Morgan fingerprint density at radius 1 is 1.09 bits per heavy atom. The van der Waals surface area contributed by atoms with Crippen LogP contribution in [0.2, 0.25) is 0 Å². The van der Waals surface area contributed by atoms with Crippen LogP contribution in [0.1, 0.15) is 35.1 Å². The number of hydrogen-bond donors (Lipinski definition) is 0. The average molecular weight is 291 g/mol. The molecule has 0 amide bonds. The highest BCUT2D eigenvalue weighted by Gasteiger charge is 2.38. The van der Waals surface area contributed by atoms with E-state index >= 15 is 0 Å². The zero-order chi connectivity index (χ0) is 15.2. The summed E-state index contributed by atoms with van der Waals surface area (Å²) < 4.78 is 0. The summed E-state index contributed by atoms with van der Waals surface area (Å²) in [4.78, 5) is 2.40. The molecule has 2 aliphatic rings. The van der Waals surface area contributed by atoms with Gasteiger partial charge in [-0.3, -0.25) is 0 Å². The summed E-state index contributed by atoms with van der Waals surface area (Å²) in [6.45, 7) is 6.33. The van der Waals surface area contributed by atoms with E-state index in [-0.39, 0.29) is 5.41 Å². The van der Waals surface area contributed by atoms with Crippen LogP contribution in [-0.4, -0.2) is 23.3 Å². The lowest BCUT2D eigenvalue weighted by atomic mass is 9.74. The van der Waals surface area contributed by atoms with Crippen LogP contribution in [0.5, 0.6) is 0 Å². The molecule has 3 heteroatoms. The molecule has 1 spiro atoms. The van der Waals surface area contributed by atoms with E-state index in [1.54, 1.807) is 0 Å². The number of aryl methyl sites for hydroxylation is 1. The third-order valence-corrected chi connectivity index (χ3v) is 5.37. The molecular weight excluding hydrogens is 270 g/mol. The number of aromatic nitrogens is 2. The van der Waals surface area contributed by atoms with E-state index in [9.17, 15) is 0 Å². The Hall–Kier alpha value is -2.16. The Morgan fingerprint density at radius 2 is 1.86 bits per heavy atom. The van der Waals surface area contributed by atoms with Crippen molar-refractivity contribution in [3.8, 4) is 0 Å². The van der Waals surface area contributed by atoms with Gasteiger partial charge in [-0.25, -0.2) is 0 Å². The molecule has 1 aromatic heterocycles. The Kier molecular flexibility index (Phi) is 3.03. The first-order chi connectivity index (χ1) is 10.7. The van der Waals surface area contributed by atoms with Gasteiger partial charge >= 0.3 is 0 Å². The lowest BCUT2D eigenvalue weighted by Gasteiger charge is -2.40. The maximum Gasteiger partial charge on any atom is 0.154 e. The third-order valence-electron chi connectivity index (χ3n) is 5.37. The molecule has 1 aliphatic heterocycles.